The Balaban J connectivity index is 0.942. The number of fused-ring (bicyclic) bond motifs is 6. The summed E-state index contributed by atoms with van der Waals surface area (Å²) in [6.07, 6.45) is -0.112. The van der Waals surface area contributed by atoms with Crippen molar-refractivity contribution < 1.29 is 33.4 Å². The van der Waals surface area contributed by atoms with Crippen molar-refractivity contribution in [2.45, 2.75) is 52.6 Å². The lowest BCUT2D eigenvalue weighted by atomic mass is 9.99. The molecular formula is C44H42Cl2N10O7S2. The highest BCUT2D eigenvalue weighted by molar-refractivity contribution is 7.17. The molecule has 0 fully saturated rings. The summed E-state index contributed by atoms with van der Waals surface area (Å²) in [6, 6.07) is 13.0. The highest BCUT2D eigenvalue weighted by atomic mass is 35.5. The third kappa shape index (κ3) is 8.98. The second-order valence-corrected chi connectivity index (χ2v) is 17.9. The first-order valence-corrected chi connectivity index (χ1v) is 22.8. The van der Waals surface area contributed by atoms with Crippen LogP contribution in [0.2, 0.25) is 10.0 Å². The highest BCUT2D eigenvalue weighted by Crippen LogP contribution is 2.42. The number of carbonyl (C=O) groups excluding carboxylic acids is 4. The molecule has 0 saturated heterocycles. The minimum Gasteiger partial charge on any atom is -0.469 e. The zero-order valence-electron chi connectivity index (χ0n) is 36.0. The normalized spacial score (nSPS) is 15.0. The number of thiophene rings is 2. The summed E-state index contributed by atoms with van der Waals surface area (Å²) in [5, 5.41) is 25.8. The van der Waals surface area contributed by atoms with Gasteiger partial charge in [0, 0.05) is 45.4 Å². The van der Waals surface area contributed by atoms with E-state index in [0.29, 0.717) is 75.6 Å². The third-order valence-electron chi connectivity index (χ3n) is 10.9. The van der Waals surface area contributed by atoms with Gasteiger partial charge in [-0.05, 0) is 63.1 Å². The average molecular weight is 958 g/mol. The zero-order chi connectivity index (χ0) is 46.1. The maximum atomic E-state index is 13.8. The number of aromatic nitrogens is 6. The van der Waals surface area contributed by atoms with Crippen molar-refractivity contribution in [3.8, 4) is 10.0 Å². The molecule has 0 unspecified atom stereocenters. The molecule has 17 nitrogen and oxygen atoms in total. The molecule has 0 saturated carbocycles. The number of carbonyl (C=O) groups is 4. The molecule has 0 bridgehead atoms. The van der Waals surface area contributed by atoms with Crippen LogP contribution in [-0.4, -0.2) is 105 Å². The topological polar surface area (TPSA) is 206 Å². The van der Waals surface area contributed by atoms with Crippen molar-refractivity contribution in [1.82, 2.24) is 40.2 Å². The summed E-state index contributed by atoms with van der Waals surface area (Å²) in [5.74, 6) is 0.556. The van der Waals surface area contributed by atoms with Gasteiger partial charge in [0.05, 0.1) is 61.5 Å². The Bertz CT molecular complexity index is 2710. The van der Waals surface area contributed by atoms with Crippen LogP contribution in [-0.2, 0) is 23.8 Å². The van der Waals surface area contributed by atoms with Gasteiger partial charge in [-0.3, -0.25) is 38.3 Å². The number of hydrogen-bond donors (Lipinski definition) is 2. The van der Waals surface area contributed by atoms with Gasteiger partial charge in [-0.15, -0.1) is 43.1 Å². The molecule has 0 spiro atoms. The van der Waals surface area contributed by atoms with Crippen LogP contribution in [0.4, 0.5) is 0 Å². The number of aryl methyl sites for hydroxylation is 2. The van der Waals surface area contributed by atoms with Gasteiger partial charge >= 0.3 is 11.9 Å². The predicted octanol–water partition coefficient (Wildman–Crippen LogP) is 6.60. The molecular weight excluding hydrogens is 916 g/mol. The number of rotatable bonds is 14. The first-order valence-electron chi connectivity index (χ1n) is 20.4. The predicted molar refractivity (Wildman–Crippen MR) is 246 cm³/mol. The number of hydrogen-bond acceptors (Lipinski definition) is 15. The van der Waals surface area contributed by atoms with Crippen LogP contribution < -0.4 is 10.6 Å². The quantitative estimate of drug-likeness (QED) is 0.0879. The number of nitrogens with zero attached hydrogens (tertiary/aromatic N) is 8. The van der Waals surface area contributed by atoms with Gasteiger partial charge in [0.2, 0.25) is 0 Å². The molecule has 2 aromatic carbocycles. The monoisotopic (exact) mass is 956 g/mol. The smallest absolute Gasteiger partial charge is 0.308 e. The van der Waals surface area contributed by atoms with E-state index >= 15 is 0 Å². The van der Waals surface area contributed by atoms with Crippen molar-refractivity contribution >= 4 is 81.1 Å². The number of amides is 2. The van der Waals surface area contributed by atoms with Gasteiger partial charge in [-0.1, -0.05) is 47.5 Å². The number of ether oxygens (including phenoxy) is 3. The minimum atomic E-state index is -0.694. The maximum Gasteiger partial charge on any atom is 0.308 e. The van der Waals surface area contributed by atoms with Crippen molar-refractivity contribution in [1.29, 1.82) is 0 Å². The molecule has 0 radical (unpaired) electrons. The van der Waals surface area contributed by atoms with Crippen molar-refractivity contribution in [2.24, 2.45) is 9.98 Å². The van der Waals surface area contributed by atoms with Gasteiger partial charge in [0.1, 0.15) is 33.7 Å². The van der Waals surface area contributed by atoms with E-state index in [1.807, 2.05) is 47.2 Å². The number of halogens is 2. The van der Waals surface area contributed by atoms with Gasteiger partial charge in [0.15, 0.2) is 11.6 Å². The lowest BCUT2D eigenvalue weighted by molar-refractivity contribution is -0.142. The average Bonchev–Trinajstić information content (AvgIpc) is 4.01. The van der Waals surface area contributed by atoms with Crippen LogP contribution in [0.25, 0.3) is 10.0 Å². The molecule has 6 aromatic rings. The highest BCUT2D eigenvalue weighted by Gasteiger charge is 2.36. The van der Waals surface area contributed by atoms with Crippen LogP contribution in [0.15, 0.2) is 58.5 Å². The van der Waals surface area contributed by atoms with Crippen LogP contribution in [0, 0.1) is 27.7 Å². The molecule has 65 heavy (non-hydrogen) atoms. The Morgan fingerprint density at radius 3 is 1.37 bits per heavy atom. The number of benzene rings is 2. The Labute approximate surface area is 390 Å². The Morgan fingerprint density at radius 1 is 0.615 bits per heavy atom. The molecule has 21 heteroatoms. The summed E-state index contributed by atoms with van der Waals surface area (Å²) >= 11 is 15.0. The molecule has 8 rings (SSSR count). The van der Waals surface area contributed by atoms with E-state index in [0.717, 1.165) is 22.3 Å². The van der Waals surface area contributed by atoms with Gasteiger partial charge < -0.3 is 24.8 Å². The molecule has 4 aromatic heterocycles. The van der Waals surface area contributed by atoms with Crippen LogP contribution >= 0.6 is 45.9 Å². The lowest BCUT2D eigenvalue weighted by Gasteiger charge is -2.12. The standard InChI is InChI=1S/C44H42Cl2N10O7S2/c1-21-33-35(25-7-11-27(45)12-8-25)49-29(19-31(57)61-5)39-53-51-23(3)55(39)43(33)64-37(21)41(59)47-15-17-63-18-16-48-42(60)38-22(2)34-36(26-9-13-28(46)14-10-26)50-30(20-32(58)62-6)40-54-52-24(4)56(40)44(34)65-38/h7-14,29-30H,15-20H2,1-6H3,(H,47,59)(H,48,60)/t29-,30+. The van der Waals surface area contributed by atoms with Crippen molar-refractivity contribution in [3.63, 3.8) is 0 Å². The summed E-state index contributed by atoms with van der Waals surface area (Å²) in [7, 11) is 2.65. The van der Waals surface area contributed by atoms with Gasteiger partial charge in [0.25, 0.3) is 11.8 Å². The fourth-order valence-corrected chi connectivity index (χ4v) is 10.5. The molecule has 2 aliphatic rings. The number of esters is 2. The van der Waals surface area contributed by atoms with Crippen molar-refractivity contribution in [3.05, 3.63) is 125 Å². The van der Waals surface area contributed by atoms with Crippen LogP contribution in [0.5, 0.6) is 0 Å². The van der Waals surface area contributed by atoms with Crippen molar-refractivity contribution in [2.75, 3.05) is 40.5 Å². The molecule has 2 atom stereocenters. The Hall–Kier alpha value is -6.12. The second kappa shape index (κ2) is 19.2. The first-order chi connectivity index (χ1) is 31.3. The van der Waals surface area contributed by atoms with Gasteiger partial charge in [-0.2, -0.15) is 0 Å². The molecule has 2 amide bonds. The molecule has 2 N–H and O–H groups in total. The second-order valence-electron chi connectivity index (χ2n) is 15.0. The summed E-state index contributed by atoms with van der Waals surface area (Å²) in [4.78, 5) is 63.6. The third-order valence-corrected chi connectivity index (χ3v) is 13.9. The maximum absolute atomic E-state index is 13.8. The first kappa shape index (κ1) is 45.4. The van der Waals surface area contributed by atoms with E-state index in [9.17, 15) is 19.2 Å². The fourth-order valence-electron chi connectivity index (χ4n) is 7.70. The fraction of sp³-hybridized carbons (Fsp3) is 0.318. The van der Waals surface area contributed by atoms with E-state index < -0.39 is 24.0 Å². The van der Waals surface area contributed by atoms with Gasteiger partial charge in [-0.25, -0.2) is 0 Å². The Kier molecular flexibility index (Phi) is 13.4. The van der Waals surface area contributed by atoms with E-state index in [2.05, 4.69) is 31.0 Å². The lowest BCUT2D eigenvalue weighted by Crippen LogP contribution is -2.30. The molecule has 0 aliphatic carbocycles. The van der Waals surface area contributed by atoms with E-state index in [-0.39, 0.29) is 51.0 Å². The molecule has 6 heterocycles. The summed E-state index contributed by atoms with van der Waals surface area (Å²) in [5.41, 5.74) is 5.50. The summed E-state index contributed by atoms with van der Waals surface area (Å²) in [6.45, 7) is 8.10. The Morgan fingerprint density at radius 2 is 1.00 bits per heavy atom. The van der Waals surface area contributed by atoms with E-state index in [4.69, 9.17) is 47.4 Å². The number of aliphatic imine (C=N–C) groups is 2. The van der Waals surface area contributed by atoms with Crippen LogP contribution in [0.3, 0.4) is 0 Å². The SMILES string of the molecule is COC(=O)C[C@@H]1N=C(c2ccc(Cl)cc2)c2c(sc(C(=O)NCCOCCNC(=O)c3sc4c(c3C)C(c3ccc(Cl)cc3)=N[C@H](CC(=O)OC)c3nnc(C)n3-4)c2C)-n2c(C)nnc21. The van der Waals surface area contributed by atoms with Crippen LogP contribution in [0.1, 0.15) is 101 Å². The zero-order valence-corrected chi connectivity index (χ0v) is 39.2. The molecule has 2 aliphatic heterocycles. The molecule has 336 valence electrons. The summed E-state index contributed by atoms with van der Waals surface area (Å²) < 4.78 is 19.5. The number of nitrogens with one attached hydrogen (secondary N) is 2. The number of methoxy groups -OCH3 is 2. The van der Waals surface area contributed by atoms with E-state index in [1.54, 1.807) is 38.1 Å². The van der Waals surface area contributed by atoms with E-state index in [1.165, 1.54) is 36.9 Å². The largest absolute Gasteiger partial charge is 0.469 e. The minimum absolute atomic E-state index is 0.0561.